The quantitative estimate of drug-likeness (QED) is 0.463. The number of rotatable bonds is 6. The van der Waals surface area contributed by atoms with Gasteiger partial charge < -0.3 is 15.5 Å². The number of nitrogens with zero attached hydrogens (tertiary/aromatic N) is 2. The molecule has 1 aromatic heterocycles. The highest BCUT2D eigenvalue weighted by atomic mass is 32.1. The molecule has 1 aromatic rings. The van der Waals surface area contributed by atoms with E-state index in [-0.39, 0.29) is 12.5 Å². The van der Waals surface area contributed by atoms with E-state index in [4.69, 9.17) is 0 Å². The predicted octanol–water partition coefficient (Wildman–Crippen LogP) is 3.23. The molecule has 0 aliphatic heterocycles. The maximum absolute atomic E-state index is 11.9. The maximum Gasteiger partial charge on any atom is 0.243 e. The van der Waals surface area contributed by atoms with Gasteiger partial charge in [0.25, 0.3) is 0 Å². The summed E-state index contributed by atoms with van der Waals surface area (Å²) in [6.45, 7) is 4.17. The molecule has 1 fully saturated rings. The van der Waals surface area contributed by atoms with Gasteiger partial charge in [-0.05, 0) is 29.7 Å². The van der Waals surface area contributed by atoms with Crippen LogP contribution >= 0.6 is 11.3 Å². The third-order valence-electron chi connectivity index (χ3n) is 4.87. The number of likely N-dealkylation sites (N-methyl/N-ethyl adjacent to an activating group) is 1. The summed E-state index contributed by atoms with van der Waals surface area (Å²) >= 11 is 1.72. The SMILES string of the molecule is CN(C)C(=O)CN=C(NCc1cccs1)NCC1(C)CCCCCC1. The van der Waals surface area contributed by atoms with E-state index in [1.807, 2.05) is 6.07 Å². The Bertz CT molecular complexity index is 546. The molecule has 0 bridgehead atoms. The molecule has 1 heterocycles. The molecule has 0 aromatic carbocycles. The Hall–Kier alpha value is -1.56. The van der Waals surface area contributed by atoms with Crippen LogP contribution in [0.3, 0.4) is 0 Å². The van der Waals surface area contributed by atoms with Gasteiger partial charge in [0.1, 0.15) is 6.54 Å². The lowest BCUT2D eigenvalue weighted by atomic mass is 9.82. The highest BCUT2D eigenvalue weighted by molar-refractivity contribution is 7.09. The molecule has 0 atom stereocenters. The molecule has 0 saturated heterocycles. The Labute approximate surface area is 155 Å². The van der Waals surface area contributed by atoms with E-state index >= 15 is 0 Å². The molecule has 0 radical (unpaired) electrons. The number of nitrogens with one attached hydrogen (secondary N) is 2. The number of amides is 1. The van der Waals surface area contributed by atoms with Gasteiger partial charge in [-0.1, -0.05) is 38.7 Å². The molecule has 2 N–H and O–H groups in total. The summed E-state index contributed by atoms with van der Waals surface area (Å²) in [5.41, 5.74) is 0.313. The molecule has 140 valence electrons. The lowest BCUT2D eigenvalue weighted by molar-refractivity contribution is -0.127. The fraction of sp³-hybridized carbons (Fsp3) is 0.684. The van der Waals surface area contributed by atoms with Gasteiger partial charge in [-0.15, -0.1) is 11.3 Å². The summed E-state index contributed by atoms with van der Waals surface area (Å²) in [4.78, 5) is 19.2. The van der Waals surface area contributed by atoms with Crippen LogP contribution in [0.2, 0.25) is 0 Å². The van der Waals surface area contributed by atoms with Crippen LogP contribution in [0.25, 0.3) is 0 Å². The van der Waals surface area contributed by atoms with Crippen LogP contribution in [0, 0.1) is 5.41 Å². The molecular formula is C19H32N4OS. The first-order chi connectivity index (χ1) is 12.0. The van der Waals surface area contributed by atoms with Crippen molar-refractivity contribution in [3.63, 3.8) is 0 Å². The van der Waals surface area contributed by atoms with Crippen molar-refractivity contribution in [3.05, 3.63) is 22.4 Å². The minimum Gasteiger partial charge on any atom is -0.356 e. The maximum atomic E-state index is 11.9. The van der Waals surface area contributed by atoms with Crippen LogP contribution in [0.15, 0.2) is 22.5 Å². The summed E-state index contributed by atoms with van der Waals surface area (Å²) in [7, 11) is 3.52. The van der Waals surface area contributed by atoms with Crippen molar-refractivity contribution in [3.8, 4) is 0 Å². The van der Waals surface area contributed by atoms with Crippen molar-refractivity contribution in [2.24, 2.45) is 10.4 Å². The van der Waals surface area contributed by atoms with Crippen LogP contribution in [-0.2, 0) is 11.3 Å². The van der Waals surface area contributed by atoms with E-state index in [9.17, 15) is 4.79 Å². The zero-order chi connectivity index (χ0) is 18.1. The Balaban J connectivity index is 1.94. The molecular weight excluding hydrogens is 332 g/mol. The fourth-order valence-corrected chi connectivity index (χ4v) is 3.75. The largest absolute Gasteiger partial charge is 0.356 e. The number of carbonyl (C=O) groups is 1. The number of hydrogen-bond donors (Lipinski definition) is 2. The molecule has 1 aliphatic rings. The van der Waals surface area contributed by atoms with Gasteiger partial charge >= 0.3 is 0 Å². The van der Waals surface area contributed by atoms with Gasteiger partial charge in [-0.3, -0.25) is 4.79 Å². The lowest BCUT2D eigenvalue weighted by Crippen LogP contribution is -2.43. The van der Waals surface area contributed by atoms with Gasteiger partial charge in [0.15, 0.2) is 5.96 Å². The average molecular weight is 365 g/mol. The second-order valence-corrected chi connectivity index (χ2v) is 8.50. The summed E-state index contributed by atoms with van der Waals surface area (Å²) in [6.07, 6.45) is 7.84. The van der Waals surface area contributed by atoms with E-state index < -0.39 is 0 Å². The summed E-state index contributed by atoms with van der Waals surface area (Å²) in [5.74, 6) is 0.743. The van der Waals surface area contributed by atoms with Gasteiger partial charge in [0.2, 0.25) is 5.91 Å². The normalized spacial score (nSPS) is 17.6. The van der Waals surface area contributed by atoms with Crippen molar-refractivity contribution in [1.29, 1.82) is 0 Å². The zero-order valence-corrected chi connectivity index (χ0v) is 16.6. The number of carbonyl (C=O) groups excluding carboxylic acids is 1. The zero-order valence-electron chi connectivity index (χ0n) is 15.8. The van der Waals surface area contributed by atoms with Gasteiger partial charge in [-0.2, -0.15) is 0 Å². The first kappa shape index (κ1) is 19.8. The Morgan fingerprint density at radius 2 is 1.96 bits per heavy atom. The van der Waals surface area contributed by atoms with E-state index in [1.54, 1.807) is 30.3 Å². The third-order valence-corrected chi connectivity index (χ3v) is 5.75. The molecule has 5 nitrogen and oxygen atoms in total. The number of guanidine groups is 1. The second kappa shape index (κ2) is 9.80. The molecule has 1 amide bonds. The summed E-state index contributed by atoms with van der Waals surface area (Å²) < 4.78 is 0. The van der Waals surface area contributed by atoms with Crippen LogP contribution in [0.4, 0.5) is 0 Å². The second-order valence-electron chi connectivity index (χ2n) is 7.46. The van der Waals surface area contributed by atoms with Crippen molar-refractivity contribution < 1.29 is 4.79 Å². The molecule has 1 saturated carbocycles. The average Bonchev–Trinajstić information content (AvgIpc) is 3.01. The third kappa shape index (κ3) is 7.06. The number of thiophene rings is 1. The van der Waals surface area contributed by atoms with E-state index in [2.05, 4.69) is 34.0 Å². The van der Waals surface area contributed by atoms with Crippen LogP contribution < -0.4 is 10.6 Å². The highest BCUT2D eigenvalue weighted by Gasteiger charge is 2.25. The van der Waals surface area contributed by atoms with Gasteiger partial charge in [0.05, 0.1) is 6.54 Å². The first-order valence-electron chi connectivity index (χ1n) is 9.23. The van der Waals surface area contributed by atoms with Crippen molar-refractivity contribution in [2.75, 3.05) is 27.2 Å². The van der Waals surface area contributed by atoms with Crippen molar-refractivity contribution in [2.45, 2.75) is 52.0 Å². The van der Waals surface area contributed by atoms with Gasteiger partial charge in [0, 0.05) is 25.5 Å². The minimum absolute atomic E-state index is 0.0119. The van der Waals surface area contributed by atoms with Crippen molar-refractivity contribution in [1.82, 2.24) is 15.5 Å². The van der Waals surface area contributed by atoms with Crippen LogP contribution in [0.1, 0.15) is 50.3 Å². The van der Waals surface area contributed by atoms with E-state index in [1.165, 1.54) is 43.4 Å². The first-order valence-corrected chi connectivity index (χ1v) is 10.1. The Morgan fingerprint density at radius 3 is 2.56 bits per heavy atom. The molecule has 0 unspecified atom stereocenters. The standard InChI is InChI=1S/C19H32N4OS/c1-19(10-6-4-5-7-11-19)15-22-18(21-14-17(24)23(2)3)20-13-16-9-8-12-25-16/h8-9,12H,4-7,10-11,13-15H2,1-3H3,(H2,20,21,22). The van der Waals surface area contributed by atoms with E-state index in [0.717, 1.165) is 19.0 Å². The fourth-order valence-electron chi connectivity index (χ4n) is 3.10. The van der Waals surface area contributed by atoms with Crippen LogP contribution in [0.5, 0.6) is 0 Å². The summed E-state index contributed by atoms with van der Waals surface area (Å²) in [6, 6.07) is 4.15. The molecule has 25 heavy (non-hydrogen) atoms. The number of aliphatic imine (C=N–C) groups is 1. The monoisotopic (exact) mass is 364 g/mol. The van der Waals surface area contributed by atoms with E-state index in [0.29, 0.717) is 5.41 Å². The van der Waals surface area contributed by atoms with Gasteiger partial charge in [-0.25, -0.2) is 4.99 Å². The van der Waals surface area contributed by atoms with Crippen molar-refractivity contribution >= 4 is 23.2 Å². The number of hydrogen-bond acceptors (Lipinski definition) is 3. The highest BCUT2D eigenvalue weighted by Crippen LogP contribution is 2.33. The molecule has 0 spiro atoms. The summed E-state index contributed by atoms with van der Waals surface area (Å²) in [5, 5.41) is 8.93. The molecule has 2 rings (SSSR count). The minimum atomic E-state index is 0.0119. The van der Waals surface area contributed by atoms with Crippen LogP contribution in [-0.4, -0.2) is 44.0 Å². The Kier molecular flexibility index (Phi) is 7.75. The topological polar surface area (TPSA) is 56.7 Å². The smallest absolute Gasteiger partial charge is 0.243 e. The predicted molar refractivity (Wildman–Crippen MR) is 106 cm³/mol. The molecule has 6 heteroatoms. The lowest BCUT2D eigenvalue weighted by Gasteiger charge is -2.29. The Morgan fingerprint density at radius 1 is 1.24 bits per heavy atom. The molecule has 1 aliphatic carbocycles.